The van der Waals surface area contributed by atoms with Gasteiger partial charge in [-0.05, 0) is 18.2 Å². The Labute approximate surface area is 155 Å². The van der Waals surface area contributed by atoms with Gasteiger partial charge in [-0.2, -0.15) is 0 Å². The number of ketones is 2. The summed E-state index contributed by atoms with van der Waals surface area (Å²) in [6.45, 7) is 0. The van der Waals surface area contributed by atoms with Gasteiger partial charge >= 0.3 is 0 Å². The van der Waals surface area contributed by atoms with Crippen molar-refractivity contribution in [1.82, 2.24) is 0 Å². The predicted molar refractivity (Wildman–Crippen MR) is 86.2 cm³/mol. The average Bonchev–Trinajstić information content (AvgIpc) is 3.04. The van der Waals surface area contributed by atoms with Crippen LogP contribution in [-0.4, -0.2) is 60.9 Å². The minimum Gasteiger partial charge on any atom is -0.507 e. The van der Waals surface area contributed by atoms with Crippen LogP contribution < -0.4 is 4.74 Å². The third-order valence-corrected chi connectivity index (χ3v) is 5.33. The molecule has 4 atom stereocenters. The molecule has 0 spiro atoms. The zero-order chi connectivity index (χ0) is 20.1. The molecule has 2 aromatic carbocycles. The number of carbonyl (C=O) groups is 2. The van der Waals surface area contributed by atoms with E-state index in [1.165, 1.54) is 0 Å². The number of rotatable bonds is 0. The Bertz CT molecular complexity index is 1110. The van der Waals surface area contributed by atoms with E-state index in [0.717, 1.165) is 18.2 Å². The van der Waals surface area contributed by atoms with Crippen LogP contribution >= 0.6 is 0 Å². The summed E-state index contributed by atoms with van der Waals surface area (Å²) >= 11 is 0. The van der Waals surface area contributed by atoms with Crippen LogP contribution in [0.2, 0.25) is 0 Å². The molecule has 5 rings (SSSR count). The Hall–Kier alpha value is -3.18. The van der Waals surface area contributed by atoms with Crippen LogP contribution in [0.25, 0.3) is 0 Å². The molecule has 0 aromatic heterocycles. The number of aromatic hydroxyl groups is 3. The lowest BCUT2D eigenvalue weighted by atomic mass is 9.79. The summed E-state index contributed by atoms with van der Waals surface area (Å²) in [5, 5.41) is 61.4. The number of ether oxygens (including phenoxy) is 2. The van der Waals surface area contributed by atoms with Crippen molar-refractivity contribution in [1.29, 1.82) is 0 Å². The van der Waals surface area contributed by atoms with Crippen LogP contribution in [0.15, 0.2) is 18.2 Å². The van der Waals surface area contributed by atoms with E-state index in [-0.39, 0.29) is 11.3 Å². The van der Waals surface area contributed by atoms with Crippen LogP contribution in [0.4, 0.5) is 0 Å². The maximum atomic E-state index is 12.9. The van der Waals surface area contributed by atoms with Gasteiger partial charge in [0.05, 0.1) is 22.3 Å². The van der Waals surface area contributed by atoms with E-state index in [0.29, 0.717) is 0 Å². The van der Waals surface area contributed by atoms with Crippen LogP contribution in [0.5, 0.6) is 23.0 Å². The lowest BCUT2D eigenvalue weighted by molar-refractivity contribution is -0.175. The standard InChI is InChI=1S/C18H12O10/c19-5-1-2-6(20)10-9(5)12(21)4-3-7-11(14(23)8(4)13(10)22)18(26)15(24)16(25)28-17(18)27-7/h1-3,15-17,19-20,23-26H/t15?,16-,17+,18+/m1/s1. The second kappa shape index (κ2) is 5.00. The van der Waals surface area contributed by atoms with Gasteiger partial charge in [-0.25, -0.2) is 0 Å². The van der Waals surface area contributed by atoms with E-state index in [9.17, 15) is 40.2 Å². The third kappa shape index (κ3) is 1.71. The molecule has 2 heterocycles. The highest BCUT2D eigenvalue weighted by Gasteiger charge is 2.64. The summed E-state index contributed by atoms with van der Waals surface area (Å²) in [6, 6.07) is 3.13. The van der Waals surface area contributed by atoms with Gasteiger partial charge in [0.1, 0.15) is 29.1 Å². The van der Waals surface area contributed by atoms with Crippen molar-refractivity contribution in [2.24, 2.45) is 0 Å². The van der Waals surface area contributed by atoms with Gasteiger partial charge in [0.25, 0.3) is 0 Å². The summed E-state index contributed by atoms with van der Waals surface area (Å²) in [5.74, 6) is -4.04. The number of aliphatic hydroxyl groups is 3. The van der Waals surface area contributed by atoms with Crippen molar-refractivity contribution in [3.63, 3.8) is 0 Å². The Morgan fingerprint density at radius 3 is 2.18 bits per heavy atom. The molecule has 1 aliphatic carbocycles. The molecule has 0 saturated carbocycles. The Morgan fingerprint density at radius 1 is 0.929 bits per heavy atom. The fourth-order valence-corrected chi connectivity index (χ4v) is 3.99. The number of benzene rings is 2. The van der Waals surface area contributed by atoms with Crippen LogP contribution in [0, 0.1) is 0 Å². The van der Waals surface area contributed by atoms with Gasteiger partial charge < -0.3 is 40.1 Å². The largest absolute Gasteiger partial charge is 0.507 e. The maximum Gasteiger partial charge on any atom is 0.238 e. The van der Waals surface area contributed by atoms with E-state index in [1.807, 2.05) is 0 Å². The molecule has 6 N–H and O–H groups in total. The highest BCUT2D eigenvalue weighted by atomic mass is 16.8. The minimum absolute atomic E-state index is 0.237. The highest BCUT2D eigenvalue weighted by molar-refractivity contribution is 6.31. The van der Waals surface area contributed by atoms with E-state index in [1.54, 1.807) is 0 Å². The molecular formula is C18H12O10. The van der Waals surface area contributed by atoms with Crippen molar-refractivity contribution in [2.45, 2.75) is 24.3 Å². The summed E-state index contributed by atoms with van der Waals surface area (Å²) < 4.78 is 10.2. The summed E-state index contributed by atoms with van der Waals surface area (Å²) in [5.41, 5.74) is -4.61. The number of phenols is 3. The number of carbonyl (C=O) groups excluding carboxylic acids is 2. The molecule has 144 valence electrons. The molecule has 3 aliphatic rings. The zero-order valence-electron chi connectivity index (χ0n) is 13.8. The van der Waals surface area contributed by atoms with Crippen molar-refractivity contribution in [3.8, 4) is 23.0 Å². The molecule has 2 aliphatic heterocycles. The van der Waals surface area contributed by atoms with E-state index < -0.39 is 75.4 Å². The molecule has 2 aromatic rings. The Morgan fingerprint density at radius 2 is 1.54 bits per heavy atom. The first-order chi connectivity index (χ1) is 13.2. The van der Waals surface area contributed by atoms with Crippen LogP contribution in [0.3, 0.4) is 0 Å². The summed E-state index contributed by atoms with van der Waals surface area (Å²) in [7, 11) is 0. The van der Waals surface area contributed by atoms with Crippen molar-refractivity contribution >= 4 is 11.6 Å². The van der Waals surface area contributed by atoms with Gasteiger partial charge in [0, 0.05) is 5.56 Å². The van der Waals surface area contributed by atoms with E-state index in [2.05, 4.69) is 0 Å². The fraction of sp³-hybridized carbons (Fsp3) is 0.222. The smallest absolute Gasteiger partial charge is 0.238 e. The van der Waals surface area contributed by atoms with E-state index in [4.69, 9.17) is 9.47 Å². The van der Waals surface area contributed by atoms with Gasteiger partial charge in [-0.3, -0.25) is 9.59 Å². The minimum atomic E-state index is -2.39. The normalized spacial score (nSPS) is 29.8. The molecular weight excluding hydrogens is 376 g/mol. The van der Waals surface area contributed by atoms with Crippen LogP contribution in [-0.2, 0) is 10.3 Å². The maximum absolute atomic E-state index is 12.9. The number of fused-ring (bicyclic) bond motifs is 5. The van der Waals surface area contributed by atoms with Crippen LogP contribution in [0.1, 0.15) is 37.4 Å². The number of hydrogen-bond acceptors (Lipinski definition) is 10. The van der Waals surface area contributed by atoms with Crippen molar-refractivity contribution in [3.05, 3.63) is 46.0 Å². The second-order valence-corrected chi connectivity index (χ2v) is 6.78. The lowest BCUT2D eigenvalue weighted by Gasteiger charge is -2.26. The SMILES string of the molecule is O=C1c2cc3c(c(O)c2C(=O)c2c(O)ccc(O)c21)[C@]1(O)C(O)[C@H](O)O[C@@H]1O3. The number of aliphatic hydroxyl groups excluding tert-OH is 2. The topological polar surface area (TPSA) is 174 Å². The Balaban J connectivity index is 1.80. The predicted octanol–water partition coefficient (Wildman–Crippen LogP) is -0.806. The monoisotopic (exact) mass is 388 g/mol. The first-order valence-corrected chi connectivity index (χ1v) is 8.13. The molecule has 28 heavy (non-hydrogen) atoms. The molecule has 0 radical (unpaired) electrons. The molecule has 1 unspecified atom stereocenters. The Kier molecular flexibility index (Phi) is 3.03. The molecule has 1 saturated heterocycles. The third-order valence-electron chi connectivity index (χ3n) is 5.33. The zero-order valence-corrected chi connectivity index (χ0v) is 13.8. The fourth-order valence-electron chi connectivity index (χ4n) is 3.99. The number of hydrogen-bond donors (Lipinski definition) is 6. The average molecular weight is 388 g/mol. The molecule has 1 fully saturated rings. The molecule has 0 bridgehead atoms. The first-order valence-electron chi connectivity index (χ1n) is 8.13. The van der Waals surface area contributed by atoms with Crippen molar-refractivity contribution in [2.75, 3.05) is 0 Å². The van der Waals surface area contributed by atoms with Crippen molar-refractivity contribution < 1.29 is 49.7 Å². The van der Waals surface area contributed by atoms with Gasteiger partial charge in [0.15, 0.2) is 17.7 Å². The highest BCUT2D eigenvalue weighted by Crippen LogP contribution is 2.55. The van der Waals surface area contributed by atoms with Gasteiger partial charge in [0.2, 0.25) is 12.1 Å². The van der Waals surface area contributed by atoms with Gasteiger partial charge in [-0.15, -0.1) is 0 Å². The molecule has 10 nitrogen and oxygen atoms in total. The lowest BCUT2D eigenvalue weighted by Crippen LogP contribution is -2.43. The van der Waals surface area contributed by atoms with E-state index >= 15 is 0 Å². The molecule has 10 heteroatoms. The second-order valence-electron chi connectivity index (χ2n) is 6.78. The quantitative estimate of drug-likeness (QED) is 0.267. The summed E-state index contributed by atoms with van der Waals surface area (Å²) in [4.78, 5) is 25.8. The number of phenolic OH excluding ortho intramolecular Hbond substituents is 3. The first kappa shape index (κ1) is 17.0. The molecule has 0 amide bonds. The van der Waals surface area contributed by atoms with Gasteiger partial charge in [-0.1, -0.05) is 0 Å². The summed E-state index contributed by atoms with van der Waals surface area (Å²) in [6.07, 6.45) is -5.30.